The van der Waals surface area contributed by atoms with Crippen molar-refractivity contribution in [2.45, 2.75) is 6.92 Å². The Kier molecular flexibility index (Phi) is 3.65. The Bertz CT molecular complexity index is 678. The number of anilines is 1. The van der Waals surface area contributed by atoms with E-state index in [2.05, 4.69) is 15.6 Å². The molecule has 0 saturated heterocycles. The molecule has 0 radical (unpaired) electrons. The zero-order chi connectivity index (χ0) is 14.7. The third-order valence-corrected chi connectivity index (χ3v) is 2.68. The molecule has 8 nitrogen and oxygen atoms in total. The largest absolute Gasteiger partial charge is 0.507 e. The number of para-hydroxylation sites is 1. The van der Waals surface area contributed by atoms with Gasteiger partial charge in [0.25, 0.3) is 0 Å². The first-order valence-corrected chi connectivity index (χ1v) is 5.75. The molecule has 0 saturated carbocycles. The van der Waals surface area contributed by atoms with Crippen LogP contribution in [0.4, 0.5) is 11.5 Å². The number of aryl methyl sites for hydroxylation is 2. The molecule has 0 amide bonds. The lowest BCUT2D eigenvalue weighted by molar-refractivity contribution is -0.384. The van der Waals surface area contributed by atoms with Crippen LogP contribution in [-0.2, 0) is 7.05 Å². The van der Waals surface area contributed by atoms with E-state index in [1.807, 2.05) is 0 Å². The number of phenolic OH excluding ortho intramolecular Hbond substituents is 1. The third kappa shape index (κ3) is 2.58. The van der Waals surface area contributed by atoms with Crippen LogP contribution in [0.3, 0.4) is 0 Å². The maximum absolute atomic E-state index is 11.0. The maximum atomic E-state index is 11.0. The number of hydrogen-bond donors (Lipinski definition) is 2. The van der Waals surface area contributed by atoms with Crippen LogP contribution in [0, 0.1) is 17.0 Å². The van der Waals surface area contributed by atoms with Crippen molar-refractivity contribution in [3.05, 3.63) is 45.6 Å². The number of hydrogen-bond acceptors (Lipinski definition) is 6. The number of hydrazone groups is 1. The van der Waals surface area contributed by atoms with Gasteiger partial charge in [-0.15, -0.1) is 0 Å². The van der Waals surface area contributed by atoms with Crippen LogP contribution < -0.4 is 5.43 Å². The zero-order valence-corrected chi connectivity index (χ0v) is 10.9. The SMILES string of the molecule is Cc1nn(C)c(NN=Cc2ccccc2O)c1[N+](=O)[O-]. The summed E-state index contributed by atoms with van der Waals surface area (Å²) in [5, 5.41) is 28.4. The molecule has 1 aromatic carbocycles. The molecule has 0 fully saturated rings. The van der Waals surface area contributed by atoms with Gasteiger partial charge in [0.15, 0.2) is 0 Å². The normalized spacial score (nSPS) is 10.9. The Hall–Kier alpha value is -2.90. The fourth-order valence-corrected chi connectivity index (χ4v) is 1.75. The van der Waals surface area contributed by atoms with Gasteiger partial charge in [-0.25, -0.2) is 4.68 Å². The Morgan fingerprint density at radius 2 is 2.20 bits per heavy atom. The summed E-state index contributed by atoms with van der Waals surface area (Å²) in [6.07, 6.45) is 1.38. The standard InChI is InChI=1S/C12H13N5O3/c1-8-11(17(19)20)12(16(2)15-8)14-13-7-9-5-3-4-6-10(9)18/h3-7,14,18H,1-2H3. The van der Waals surface area contributed by atoms with E-state index >= 15 is 0 Å². The average Bonchev–Trinajstić information content (AvgIpc) is 2.66. The van der Waals surface area contributed by atoms with Crippen LogP contribution in [-0.4, -0.2) is 26.0 Å². The predicted octanol–water partition coefficient (Wildman–Crippen LogP) is 1.79. The number of phenols is 1. The molecular weight excluding hydrogens is 262 g/mol. The molecule has 0 unspecified atom stereocenters. The highest BCUT2D eigenvalue weighted by molar-refractivity contribution is 5.83. The van der Waals surface area contributed by atoms with Gasteiger partial charge < -0.3 is 5.11 Å². The highest BCUT2D eigenvalue weighted by atomic mass is 16.6. The molecule has 2 aromatic rings. The van der Waals surface area contributed by atoms with Crippen LogP contribution in [0.5, 0.6) is 5.75 Å². The molecule has 0 spiro atoms. The Balaban J connectivity index is 2.24. The van der Waals surface area contributed by atoms with Gasteiger partial charge in [-0.1, -0.05) is 12.1 Å². The second-order valence-electron chi connectivity index (χ2n) is 4.09. The monoisotopic (exact) mass is 275 g/mol. The van der Waals surface area contributed by atoms with Crippen molar-refractivity contribution in [3.8, 4) is 5.75 Å². The molecule has 0 aliphatic carbocycles. The van der Waals surface area contributed by atoms with Crippen molar-refractivity contribution >= 4 is 17.7 Å². The van der Waals surface area contributed by atoms with Gasteiger partial charge in [-0.2, -0.15) is 10.2 Å². The van der Waals surface area contributed by atoms with E-state index in [-0.39, 0.29) is 17.3 Å². The number of nitro groups is 1. The molecule has 1 heterocycles. The number of rotatable bonds is 4. The van der Waals surface area contributed by atoms with Crippen molar-refractivity contribution in [2.24, 2.45) is 12.1 Å². The van der Waals surface area contributed by atoms with E-state index in [0.29, 0.717) is 11.3 Å². The van der Waals surface area contributed by atoms with E-state index in [1.165, 1.54) is 17.0 Å². The quantitative estimate of drug-likeness (QED) is 0.502. The molecule has 20 heavy (non-hydrogen) atoms. The molecule has 1 aromatic heterocycles. The number of aromatic hydroxyl groups is 1. The zero-order valence-electron chi connectivity index (χ0n) is 10.9. The van der Waals surface area contributed by atoms with Gasteiger partial charge >= 0.3 is 5.69 Å². The van der Waals surface area contributed by atoms with Crippen molar-refractivity contribution in [3.63, 3.8) is 0 Å². The van der Waals surface area contributed by atoms with Crippen LogP contribution in [0.15, 0.2) is 29.4 Å². The molecule has 0 aliphatic heterocycles. The predicted molar refractivity (Wildman–Crippen MR) is 73.9 cm³/mol. The molecule has 0 aliphatic rings. The van der Waals surface area contributed by atoms with Gasteiger partial charge in [0, 0.05) is 12.6 Å². The van der Waals surface area contributed by atoms with Gasteiger partial charge in [0.2, 0.25) is 5.82 Å². The average molecular weight is 275 g/mol. The first-order valence-electron chi connectivity index (χ1n) is 5.75. The minimum absolute atomic E-state index is 0.0775. The number of nitrogens with one attached hydrogen (secondary N) is 1. The Labute approximate surface area is 114 Å². The number of benzene rings is 1. The summed E-state index contributed by atoms with van der Waals surface area (Å²) in [6, 6.07) is 6.63. The first kappa shape index (κ1) is 13.5. The summed E-state index contributed by atoms with van der Waals surface area (Å²) >= 11 is 0. The lowest BCUT2D eigenvalue weighted by Gasteiger charge is -2.00. The molecule has 0 bridgehead atoms. The maximum Gasteiger partial charge on any atom is 0.335 e. The second-order valence-corrected chi connectivity index (χ2v) is 4.09. The van der Waals surface area contributed by atoms with Crippen molar-refractivity contribution in [1.82, 2.24) is 9.78 Å². The summed E-state index contributed by atoms with van der Waals surface area (Å²) < 4.78 is 1.34. The van der Waals surface area contributed by atoms with Crippen LogP contribution in [0.1, 0.15) is 11.3 Å². The van der Waals surface area contributed by atoms with Crippen LogP contribution >= 0.6 is 0 Å². The van der Waals surface area contributed by atoms with Gasteiger partial charge in [-0.3, -0.25) is 15.5 Å². The summed E-state index contributed by atoms with van der Waals surface area (Å²) in [7, 11) is 1.58. The fraction of sp³-hybridized carbons (Fsp3) is 0.167. The highest BCUT2D eigenvalue weighted by Gasteiger charge is 2.23. The topological polar surface area (TPSA) is 106 Å². The summed E-state index contributed by atoms with van der Waals surface area (Å²) in [5.74, 6) is 0.257. The molecule has 2 N–H and O–H groups in total. The van der Waals surface area contributed by atoms with Crippen molar-refractivity contribution in [2.75, 3.05) is 5.43 Å². The van der Waals surface area contributed by atoms with Crippen LogP contribution in [0.2, 0.25) is 0 Å². The van der Waals surface area contributed by atoms with Gasteiger partial charge in [0.1, 0.15) is 11.4 Å². The van der Waals surface area contributed by atoms with Crippen LogP contribution in [0.25, 0.3) is 0 Å². The van der Waals surface area contributed by atoms with E-state index < -0.39 is 4.92 Å². The van der Waals surface area contributed by atoms with E-state index in [1.54, 1.807) is 32.2 Å². The second kappa shape index (κ2) is 5.39. The molecular formula is C12H13N5O3. The van der Waals surface area contributed by atoms with Gasteiger partial charge in [-0.05, 0) is 19.1 Å². The molecule has 8 heteroatoms. The van der Waals surface area contributed by atoms with Crippen molar-refractivity contribution in [1.29, 1.82) is 0 Å². The van der Waals surface area contributed by atoms with E-state index in [9.17, 15) is 15.2 Å². The molecule has 104 valence electrons. The minimum Gasteiger partial charge on any atom is -0.507 e. The summed E-state index contributed by atoms with van der Waals surface area (Å²) in [5.41, 5.74) is 3.26. The fourth-order valence-electron chi connectivity index (χ4n) is 1.75. The molecule has 2 rings (SSSR count). The minimum atomic E-state index is -0.514. The smallest absolute Gasteiger partial charge is 0.335 e. The summed E-state index contributed by atoms with van der Waals surface area (Å²) in [4.78, 5) is 10.4. The number of aromatic nitrogens is 2. The summed E-state index contributed by atoms with van der Waals surface area (Å²) in [6.45, 7) is 1.55. The van der Waals surface area contributed by atoms with Gasteiger partial charge in [0.05, 0.1) is 11.1 Å². The lowest BCUT2D eigenvalue weighted by Crippen LogP contribution is -2.01. The highest BCUT2D eigenvalue weighted by Crippen LogP contribution is 2.27. The van der Waals surface area contributed by atoms with Crippen molar-refractivity contribution < 1.29 is 10.0 Å². The van der Waals surface area contributed by atoms with E-state index in [0.717, 1.165) is 0 Å². The Morgan fingerprint density at radius 1 is 1.50 bits per heavy atom. The number of nitrogens with zero attached hydrogens (tertiary/aromatic N) is 4. The first-order chi connectivity index (χ1) is 9.50. The van der Waals surface area contributed by atoms with E-state index in [4.69, 9.17) is 0 Å². The Morgan fingerprint density at radius 3 is 2.85 bits per heavy atom. The third-order valence-electron chi connectivity index (χ3n) is 2.68. The lowest BCUT2D eigenvalue weighted by atomic mass is 10.2. The molecule has 0 atom stereocenters.